The zero-order valence-corrected chi connectivity index (χ0v) is 16.6. The van der Waals surface area contributed by atoms with Crippen LogP contribution in [0.1, 0.15) is 52.4 Å². The first-order valence-corrected chi connectivity index (χ1v) is 10.0. The second-order valence-electron chi connectivity index (χ2n) is 7.67. The summed E-state index contributed by atoms with van der Waals surface area (Å²) in [5.41, 5.74) is -0.296. The molecule has 0 aromatic carbocycles. The summed E-state index contributed by atoms with van der Waals surface area (Å²) in [5, 5.41) is 6.77. The van der Waals surface area contributed by atoms with Gasteiger partial charge in [-0.25, -0.2) is 0 Å². The van der Waals surface area contributed by atoms with Gasteiger partial charge in [-0.2, -0.15) is 0 Å². The molecule has 2 saturated carbocycles. The van der Waals surface area contributed by atoms with Crippen molar-refractivity contribution >= 4 is 11.9 Å². The molecule has 144 valence electrons. The topological polar surface area (TPSA) is 60.0 Å². The van der Waals surface area contributed by atoms with Crippen molar-refractivity contribution in [2.24, 2.45) is 10.4 Å². The zero-order chi connectivity index (χ0) is 18.3. The quantitative estimate of drug-likeness (QED) is 0.490. The molecule has 0 atom stereocenters. The SMILES string of the molecule is CCNC(=NCC1(C(=O)N(C)C)CCCC1)NCCN(CC)C1CC1. The van der Waals surface area contributed by atoms with Crippen LogP contribution >= 0.6 is 0 Å². The molecule has 0 aromatic heterocycles. The number of guanidine groups is 1. The Balaban J connectivity index is 1.91. The molecular formula is C19H37N5O. The van der Waals surface area contributed by atoms with Gasteiger partial charge in [0.25, 0.3) is 0 Å². The number of carbonyl (C=O) groups excluding carboxylic acids is 1. The molecule has 6 heteroatoms. The van der Waals surface area contributed by atoms with E-state index >= 15 is 0 Å². The van der Waals surface area contributed by atoms with Crippen LogP contribution in [0.4, 0.5) is 0 Å². The number of hydrogen-bond donors (Lipinski definition) is 2. The molecule has 0 radical (unpaired) electrons. The zero-order valence-electron chi connectivity index (χ0n) is 16.6. The van der Waals surface area contributed by atoms with Crippen molar-refractivity contribution in [3.8, 4) is 0 Å². The number of amides is 1. The van der Waals surface area contributed by atoms with Gasteiger partial charge in [-0.15, -0.1) is 0 Å². The van der Waals surface area contributed by atoms with E-state index in [0.717, 1.165) is 63.9 Å². The lowest BCUT2D eigenvalue weighted by Gasteiger charge is -2.29. The molecule has 0 aliphatic heterocycles. The van der Waals surface area contributed by atoms with Gasteiger partial charge < -0.3 is 15.5 Å². The van der Waals surface area contributed by atoms with E-state index < -0.39 is 0 Å². The second kappa shape index (κ2) is 9.41. The summed E-state index contributed by atoms with van der Waals surface area (Å²) in [7, 11) is 3.71. The molecule has 0 bridgehead atoms. The number of nitrogens with zero attached hydrogens (tertiary/aromatic N) is 3. The van der Waals surface area contributed by atoms with Crippen molar-refractivity contribution in [1.29, 1.82) is 0 Å². The van der Waals surface area contributed by atoms with Crippen LogP contribution in [0.2, 0.25) is 0 Å². The standard InChI is InChI=1S/C19H37N5O/c1-5-20-18(21-13-14-24(6-2)16-9-10-16)22-15-19(11-7-8-12-19)17(25)23(3)4/h16H,5-15H2,1-4H3,(H2,20,21,22). The molecule has 2 fully saturated rings. The average Bonchev–Trinajstić information content (AvgIpc) is 3.33. The van der Waals surface area contributed by atoms with E-state index in [1.165, 1.54) is 12.8 Å². The highest BCUT2D eigenvalue weighted by Crippen LogP contribution is 2.39. The maximum atomic E-state index is 12.7. The van der Waals surface area contributed by atoms with Gasteiger partial charge in [0.1, 0.15) is 0 Å². The van der Waals surface area contributed by atoms with Crippen LogP contribution in [-0.4, -0.2) is 74.5 Å². The minimum atomic E-state index is -0.296. The van der Waals surface area contributed by atoms with Crippen LogP contribution in [0, 0.1) is 5.41 Å². The van der Waals surface area contributed by atoms with Crippen LogP contribution < -0.4 is 10.6 Å². The summed E-state index contributed by atoms with van der Waals surface area (Å²) in [6.07, 6.45) is 6.86. The third kappa shape index (κ3) is 5.59. The van der Waals surface area contributed by atoms with Crippen molar-refractivity contribution in [2.45, 2.75) is 58.4 Å². The molecule has 2 aliphatic rings. The van der Waals surface area contributed by atoms with E-state index in [1.807, 2.05) is 14.1 Å². The third-order valence-electron chi connectivity index (χ3n) is 5.47. The molecule has 25 heavy (non-hydrogen) atoms. The van der Waals surface area contributed by atoms with Gasteiger partial charge in [-0.1, -0.05) is 19.8 Å². The fraction of sp³-hybridized carbons (Fsp3) is 0.895. The summed E-state index contributed by atoms with van der Waals surface area (Å²) in [5.74, 6) is 1.07. The van der Waals surface area contributed by atoms with Gasteiger partial charge in [-0.05, 0) is 39.2 Å². The van der Waals surface area contributed by atoms with E-state index in [-0.39, 0.29) is 11.3 Å². The van der Waals surface area contributed by atoms with Crippen molar-refractivity contribution in [3.63, 3.8) is 0 Å². The number of hydrogen-bond acceptors (Lipinski definition) is 3. The first-order valence-electron chi connectivity index (χ1n) is 10.0. The monoisotopic (exact) mass is 351 g/mol. The van der Waals surface area contributed by atoms with Crippen LogP contribution in [0.25, 0.3) is 0 Å². The highest BCUT2D eigenvalue weighted by molar-refractivity contribution is 5.84. The summed E-state index contributed by atoms with van der Waals surface area (Å²) >= 11 is 0. The maximum Gasteiger partial charge on any atom is 0.230 e. The number of nitrogens with one attached hydrogen (secondary N) is 2. The predicted molar refractivity (Wildman–Crippen MR) is 104 cm³/mol. The Kier molecular flexibility index (Phi) is 7.54. The van der Waals surface area contributed by atoms with Crippen molar-refractivity contribution in [1.82, 2.24) is 20.4 Å². The van der Waals surface area contributed by atoms with Gasteiger partial charge >= 0.3 is 0 Å². The summed E-state index contributed by atoms with van der Waals surface area (Å²) in [4.78, 5) is 21.7. The molecule has 2 rings (SSSR count). The fourth-order valence-electron chi connectivity index (χ4n) is 3.89. The Morgan fingerprint density at radius 1 is 1.16 bits per heavy atom. The Morgan fingerprint density at radius 3 is 2.36 bits per heavy atom. The maximum absolute atomic E-state index is 12.7. The number of aliphatic imine (C=N–C) groups is 1. The van der Waals surface area contributed by atoms with Crippen LogP contribution in [-0.2, 0) is 4.79 Å². The molecule has 1 amide bonds. The average molecular weight is 352 g/mol. The molecule has 0 heterocycles. The Bertz CT molecular complexity index is 453. The number of carbonyl (C=O) groups is 1. The first kappa shape index (κ1) is 20.0. The van der Waals surface area contributed by atoms with Gasteiger partial charge in [0.05, 0.1) is 12.0 Å². The highest BCUT2D eigenvalue weighted by Gasteiger charge is 2.42. The van der Waals surface area contributed by atoms with Crippen LogP contribution in [0.5, 0.6) is 0 Å². The molecular weight excluding hydrogens is 314 g/mol. The van der Waals surface area contributed by atoms with E-state index in [0.29, 0.717) is 6.54 Å². The minimum Gasteiger partial charge on any atom is -0.357 e. The smallest absolute Gasteiger partial charge is 0.230 e. The molecule has 2 N–H and O–H groups in total. The Morgan fingerprint density at radius 2 is 1.84 bits per heavy atom. The number of likely N-dealkylation sites (N-methyl/N-ethyl adjacent to an activating group) is 1. The van der Waals surface area contributed by atoms with E-state index in [9.17, 15) is 4.79 Å². The van der Waals surface area contributed by atoms with E-state index in [1.54, 1.807) is 4.90 Å². The number of rotatable bonds is 9. The first-order chi connectivity index (χ1) is 12.0. The summed E-state index contributed by atoms with van der Waals surface area (Å²) < 4.78 is 0. The van der Waals surface area contributed by atoms with Gasteiger partial charge in [0.15, 0.2) is 5.96 Å². The third-order valence-corrected chi connectivity index (χ3v) is 5.47. The van der Waals surface area contributed by atoms with Gasteiger partial charge in [0, 0.05) is 39.8 Å². The second-order valence-corrected chi connectivity index (χ2v) is 7.67. The molecule has 0 aromatic rings. The lowest BCUT2D eigenvalue weighted by Crippen LogP contribution is -2.44. The molecule has 0 spiro atoms. The van der Waals surface area contributed by atoms with Crippen molar-refractivity contribution < 1.29 is 4.79 Å². The van der Waals surface area contributed by atoms with Gasteiger partial charge in [0.2, 0.25) is 5.91 Å². The molecule has 6 nitrogen and oxygen atoms in total. The largest absolute Gasteiger partial charge is 0.357 e. The Hall–Kier alpha value is -1.30. The minimum absolute atomic E-state index is 0.232. The Labute approximate surface area is 153 Å². The molecule has 2 aliphatic carbocycles. The summed E-state index contributed by atoms with van der Waals surface area (Å²) in [6, 6.07) is 0.797. The van der Waals surface area contributed by atoms with Crippen molar-refractivity contribution in [2.75, 3.05) is 46.8 Å². The lowest BCUT2D eigenvalue weighted by atomic mass is 9.85. The van der Waals surface area contributed by atoms with E-state index in [4.69, 9.17) is 4.99 Å². The fourth-order valence-corrected chi connectivity index (χ4v) is 3.89. The van der Waals surface area contributed by atoms with Crippen LogP contribution in [0.3, 0.4) is 0 Å². The molecule has 0 saturated heterocycles. The molecule has 0 unspecified atom stereocenters. The highest BCUT2D eigenvalue weighted by atomic mass is 16.2. The van der Waals surface area contributed by atoms with Crippen LogP contribution in [0.15, 0.2) is 4.99 Å². The summed E-state index contributed by atoms with van der Waals surface area (Å²) in [6.45, 7) is 8.78. The predicted octanol–water partition coefficient (Wildman–Crippen LogP) is 1.67. The van der Waals surface area contributed by atoms with Crippen molar-refractivity contribution in [3.05, 3.63) is 0 Å². The van der Waals surface area contributed by atoms with E-state index in [2.05, 4.69) is 29.4 Å². The normalized spacial score (nSPS) is 20.0. The van der Waals surface area contributed by atoms with Gasteiger partial charge in [-0.3, -0.25) is 14.7 Å². The lowest BCUT2D eigenvalue weighted by molar-refractivity contribution is -0.138.